The average Bonchev–Trinajstić information content (AvgIpc) is 3.25. The number of nitrogens with one attached hydrogen (secondary N) is 2. The molecule has 1 aliphatic carbocycles. The summed E-state index contributed by atoms with van der Waals surface area (Å²) >= 11 is 0. The number of carbonyl (C=O) groups is 1. The molecule has 4 aromatic rings. The maximum absolute atomic E-state index is 14.1. The Balaban J connectivity index is 0.000000421. The third kappa shape index (κ3) is 4.96. The van der Waals surface area contributed by atoms with Gasteiger partial charge < -0.3 is 21.1 Å². The first kappa shape index (κ1) is 23.8. The second-order valence-corrected chi connectivity index (χ2v) is 7.75. The van der Waals surface area contributed by atoms with Crippen molar-refractivity contribution in [3.63, 3.8) is 0 Å². The van der Waals surface area contributed by atoms with Gasteiger partial charge in [0, 0.05) is 32.6 Å². The topological polar surface area (TPSA) is 141 Å². The van der Waals surface area contributed by atoms with Gasteiger partial charge >= 0.3 is 0 Å². The highest BCUT2D eigenvalue weighted by molar-refractivity contribution is 5.98. The van der Waals surface area contributed by atoms with Gasteiger partial charge in [-0.25, -0.2) is 14.4 Å². The number of methoxy groups -OCH3 is 1. The Morgan fingerprint density at radius 2 is 2.09 bits per heavy atom. The molecule has 35 heavy (non-hydrogen) atoms. The fourth-order valence-corrected chi connectivity index (χ4v) is 3.43. The van der Waals surface area contributed by atoms with Crippen molar-refractivity contribution < 1.29 is 13.9 Å². The monoisotopic (exact) mass is 480 g/mol. The van der Waals surface area contributed by atoms with Gasteiger partial charge in [-0.05, 0) is 43.5 Å². The molecule has 12 heteroatoms. The second-order valence-electron chi connectivity index (χ2n) is 7.75. The first-order chi connectivity index (χ1) is 16.9. The van der Waals surface area contributed by atoms with Gasteiger partial charge in [0.25, 0.3) is 11.5 Å². The van der Waals surface area contributed by atoms with E-state index in [1.807, 2.05) is 0 Å². The summed E-state index contributed by atoms with van der Waals surface area (Å²) in [5.74, 6) is -0.654. The molecule has 0 atom stereocenters. The number of amides is 1. The van der Waals surface area contributed by atoms with Gasteiger partial charge in [0.2, 0.25) is 0 Å². The van der Waals surface area contributed by atoms with E-state index in [-0.39, 0.29) is 28.5 Å². The molecule has 0 aliphatic heterocycles. The molecule has 5 rings (SSSR count). The molecule has 0 saturated heterocycles. The number of nitrogens with two attached hydrogens (primary N) is 1. The van der Waals surface area contributed by atoms with E-state index in [1.54, 1.807) is 26.3 Å². The zero-order chi connectivity index (χ0) is 24.9. The molecule has 0 aromatic carbocycles. The number of hydrogen-bond acceptors (Lipinski definition) is 8. The lowest BCUT2D eigenvalue weighted by molar-refractivity contribution is 0.0412. The maximum atomic E-state index is 14.1. The average molecular weight is 481 g/mol. The molecule has 4 aromatic heterocycles. The van der Waals surface area contributed by atoms with E-state index < -0.39 is 17.3 Å². The lowest BCUT2D eigenvalue weighted by Gasteiger charge is -2.22. The van der Waals surface area contributed by atoms with E-state index in [0.29, 0.717) is 11.9 Å². The molecular formula is C23H25FN8O3. The van der Waals surface area contributed by atoms with Crippen LogP contribution in [-0.4, -0.2) is 50.3 Å². The van der Waals surface area contributed by atoms with Crippen LogP contribution >= 0.6 is 0 Å². The number of primary amides is 1. The molecule has 0 unspecified atom stereocenters. The number of pyridine rings is 2. The molecule has 4 heterocycles. The van der Waals surface area contributed by atoms with Gasteiger partial charge in [-0.2, -0.15) is 9.61 Å². The van der Waals surface area contributed by atoms with Crippen LogP contribution in [0.2, 0.25) is 0 Å². The van der Waals surface area contributed by atoms with Crippen molar-refractivity contribution >= 4 is 28.9 Å². The van der Waals surface area contributed by atoms with E-state index in [2.05, 4.69) is 25.7 Å². The largest absolute Gasteiger partial charge is 0.381 e. The predicted molar refractivity (Wildman–Crippen MR) is 129 cm³/mol. The zero-order valence-electron chi connectivity index (χ0n) is 19.2. The fraction of sp³-hybridized carbons (Fsp3) is 0.261. The van der Waals surface area contributed by atoms with Crippen molar-refractivity contribution in [1.29, 1.82) is 0 Å². The summed E-state index contributed by atoms with van der Waals surface area (Å²) in [6.45, 7) is 0. The van der Waals surface area contributed by atoms with Gasteiger partial charge in [0.15, 0.2) is 17.3 Å². The standard InChI is InChI=1S/C18H15FN8O2.C5H10O/c1-21-14-8-13(25-16-10(15(20)28)9-23-27(14)16)24-12-5-3-7-26(18(12)29)17-11(19)4-2-6-22-17;1-6-5-3-2-4-5/h2-9,21H,1H3,(H2,20,28)(H,24,25);5H,2-4H2,1H3. The fourth-order valence-electron chi connectivity index (χ4n) is 3.43. The number of ether oxygens (including phenoxy) is 1. The Kier molecular flexibility index (Phi) is 7.01. The Hall–Kier alpha value is -4.32. The number of hydrogen-bond donors (Lipinski definition) is 3. The van der Waals surface area contributed by atoms with E-state index >= 15 is 0 Å². The van der Waals surface area contributed by atoms with Crippen molar-refractivity contribution in [2.45, 2.75) is 25.4 Å². The van der Waals surface area contributed by atoms with E-state index in [1.165, 1.54) is 60.6 Å². The highest BCUT2D eigenvalue weighted by Crippen LogP contribution is 2.21. The highest BCUT2D eigenvalue weighted by atomic mass is 19.1. The summed E-state index contributed by atoms with van der Waals surface area (Å²) < 4.78 is 21.5. The molecule has 1 saturated carbocycles. The molecular weight excluding hydrogens is 455 g/mol. The first-order valence-corrected chi connectivity index (χ1v) is 10.9. The van der Waals surface area contributed by atoms with Crippen molar-refractivity contribution in [2.75, 3.05) is 24.8 Å². The molecule has 0 bridgehead atoms. The number of anilines is 3. The SMILES string of the molecule is CNc1cc(Nc2cccn(-c3ncccc3F)c2=O)nc2c(C(N)=O)cnn12.COC1CCC1. The van der Waals surface area contributed by atoms with Crippen LogP contribution in [0.5, 0.6) is 0 Å². The Labute approximate surface area is 199 Å². The van der Waals surface area contributed by atoms with Crippen LogP contribution < -0.4 is 21.9 Å². The third-order valence-electron chi connectivity index (χ3n) is 5.56. The molecule has 1 fully saturated rings. The minimum absolute atomic E-state index is 0.118. The van der Waals surface area contributed by atoms with Gasteiger partial charge in [-0.3, -0.25) is 14.2 Å². The van der Waals surface area contributed by atoms with Crippen molar-refractivity contribution in [1.82, 2.24) is 24.1 Å². The van der Waals surface area contributed by atoms with Crippen LogP contribution in [0.1, 0.15) is 29.6 Å². The third-order valence-corrected chi connectivity index (χ3v) is 5.56. The van der Waals surface area contributed by atoms with E-state index in [4.69, 9.17) is 10.5 Å². The van der Waals surface area contributed by atoms with Crippen LogP contribution in [0.25, 0.3) is 11.5 Å². The van der Waals surface area contributed by atoms with Crippen molar-refractivity contribution in [3.05, 3.63) is 70.7 Å². The highest BCUT2D eigenvalue weighted by Gasteiger charge is 2.16. The molecule has 11 nitrogen and oxygen atoms in total. The second kappa shape index (κ2) is 10.3. The predicted octanol–water partition coefficient (Wildman–Crippen LogP) is 2.48. The van der Waals surface area contributed by atoms with E-state index in [9.17, 15) is 14.0 Å². The van der Waals surface area contributed by atoms with Crippen LogP contribution in [-0.2, 0) is 4.74 Å². The van der Waals surface area contributed by atoms with Gasteiger partial charge in [-0.1, -0.05) is 0 Å². The number of rotatable bonds is 6. The minimum atomic E-state index is -0.681. The number of halogens is 1. The summed E-state index contributed by atoms with van der Waals surface area (Å²) in [7, 11) is 3.45. The number of nitrogens with zero attached hydrogens (tertiary/aromatic N) is 5. The van der Waals surface area contributed by atoms with Crippen LogP contribution in [0.4, 0.5) is 21.7 Å². The Morgan fingerprint density at radius 1 is 1.29 bits per heavy atom. The number of carbonyl (C=O) groups excluding carboxylic acids is 1. The van der Waals surface area contributed by atoms with Gasteiger partial charge in [0.1, 0.15) is 22.9 Å². The normalized spacial score (nSPS) is 13.0. The molecule has 4 N–H and O–H groups in total. The lowest BCUT2D eigenvalue weighted by Crippen LogP contribution is -2.22. The Bertz CT molecular complexity index is 1410. The summed E-state index contributed by atoms with van der Waals surface area (Å²) in [5, 5.41) is 9.92. The Morgan fingerprint density at radius 3 is 2.69 bits per heavy atom. The maximum Gasteiger partial charge on any atom is 0.280 e. The first-order valence-electron chi connectivity index (χ1n) is 10.9. The zero-order valence-corrected chi connectivity index (χ0v) is 19.2. The van der Waals surface area contributed by atoms with Crippen molar-refractivity contribution in [3.8, 4) is 5.82 Å². The van der Waals surface area contributed by atoms with Crippen LogP contribution in [0.15, 0.2) is 53.7 Å². The summed E-state index contributed by atoms with van der Waals surface area (Å²) in [6.07, 6.45) is 8.69. The van der Waals surface area contributed by atoms with Gasteiger partial charge in [0.05, 0.1) is 12.3 Å². The molecule has 1 aliphatic rings. The van der Waals surface area contributed by atoms with Gasteiger partial charge in [-0.15, -0.1) is 0 Å². The van der Waals surface area contributed by atoms with E-state index in [0.717, 1.165) is 4.57 Å². The molecule has 182 valence electrons. The molecule has 0 radical (unpaired) electrons. The lowest BCUT2D eigenvalue weighted by atomic mass is 9.96. The van der Waals surface area contributed by atoms with Crippen molar-refractivity contribution in [2.24, 2.45) is 5.73 Å². The van der Waals surface area contributed by atoms with Crippen LogP contribution in [0, 0.1) is 5.82 Å². The summed E-state index contributed by atoms with van der Waals surface area (Å²) in [4.78, 5) is 32.7. The quantitative estimate of drug-likeness (QED) is 0.382. The van der Waals surface area contributed by atoms with Crippen LogP contribution in [0.3, 0.4) is 0 Å². The molecule has 0 spiro atoms. The molecule has 1 amide bonds. The summed E-state index contributed by atoms with van der Waals surface area (Å²) in [5.41, 5.74) is 5.33. The number of aromatic nitrogens is 5. The number of fused-ring (bicyclic) bond motifs is 1. The smallest absolute Gasteiger partial charge is 0.280 e. The summed E-state index contributed by atoms with van der Waals surface area (Å²) in [6, 6.07) is 7.35. The minimum Gasteiger partial charge on any atom is -0.381 e.